The van der Waals surface area contributed by atoms with Gasteiger partial charge in [0, 0.05) is 25.7 Å². The van der Waals surface area contributed by atoms with Crippen molar-refractivity contribution in [3.05, 3.63) is 29.8 Å². The lowest BCUT2D eigenvalue weighted by Crippen LogP contribution is -2.36. The lowest BCUT2D eigenvalue weighted by atomic mass is 10.2. The van der Waals surface area contributed by atoms with Crippen LogP contribution in [0.25, 0.3) is 0 Å². The molecule has 5 nitrogen and oxygen atoms in total. The quantitative estimate of drug-likeness (QED) is 0.811. The molecule has 2 rings (SSSR count). The standard InChI is InChI=1S/C15H24N2O3S/c1-17(11-13-4-3-5-15(10-13)20-2)8-7-16-14-6-9-21(18,19)12-14/h3-5,10,14,16H,6-9,11-12H2,1-2H3. The Hall–Kier alpha value is -1.11. The minimum absolute atomic E-state index is 0.125. The van der Waals surface area contributed by atoms with Crippen molar-refractivity contribution in [2.75, 3.05) is 38.8 Å². The zero-order valence-electron chi connectivity index (χ0n) is 12.7. The fraction of sp³-hybridized carbons (Fsp3) is 0.600. The lowest BCUT2D eigenvalue weighted by molar-refractivity contribution is 0.318. The van der Waals surface area contributed by atoms with Crippen molar-refractivity contribution in [1.82, 2.24) is 10.2 Å². The third kappa shape index (κ3) is 5.30. The molecular weight excluding hydrogens is 288 g/mol. The molecule has 118 valence electrons. The van der Waals surface area contributed by atoms with Crippen molar-refractivity contribution in [3.63, 3.8) is 0 Å². The van der Waals surface area contributed by atoms with Crippen LogP contribution in [0.2, 0.25) is 0 Å². The van der Waals surface area contributed by atoms with E-state index >= 15 is 0 Å². The minimum Gasteiger partial charge on any atom is -0.497 e. The molecule has 0 saturated carbocycles. The summed E-state index contributed by atoms with van der Waals surface area (Å²) in [5.74, 6) is 1.48. The molecule has 0 aromatic heterocycles. The van der Waals surface area contributed by atoms with Crippen LogP contribution in [0, 0.1) is 0 Å². The summed E-state index contributed by atoms with van der Waals surface area (Å²) < 4.78 is 28.0. The number of hydrogen-bond acceptors (Lipinski definition) is 5. The summed E-state index contributed by atoms with van der Waals surface area (Å²) in [6.07, 6.45) is 0.738. The van der Waals surface area contributed by atoms with Crippen LogP contribution in [0.4, 0.5) is 0 Å². The van der Waals surface area contributed by atoms with Gasteiger partial charge >= 0.3 is 0 Å². The third-order valence-electron chi connectivity index (χ3n) is 3.75. The summed E-state index contributed by atoms with van der Waals surface area (Å²) in [5, 5.41) is 3.33. The maximum absolute atomic E-state index is 11.4. The summed E-state index contributed by atoms with van der Waals surface area (Å²) in [6, 6.07) is 8.17. The molecule has 21 heavy (non-hydrogen) atoms. The highest BCUT2D eigenvalue weighted by atomic mass is 32.2. The van der Waals surface area contributed by atoms with Gasteiger partial charge in [-0.2, -0.15) is 0 Å². The van der Waals surface area contributed by atoms with E-state index in [-0.39, 0.29) is 11.8 Å². The van der Waals surface area contributed by atoms with E-state index in [4.69, 9.17) is 4.74 Å². The zero-order chi connectivity index (χ0) is 15.3. The molecule has 0 amide bonds. The Kier molecular flexibility index (Phi) is 5.61. The van der Waals surface area contributed by atoms with E-state index < -0.39 is 9.84 Å². The predicted molar refractivity (Wildman–Crippen MR) is 84.4 cm³/mol. The molecule has 0 aliphatic carbocycles. The fourth-order valence-electron chi connectivity index (χ4n) is 2.58. The number of sulfone groups is 1. The summed E-state index contributed by atoms with van der Waals surface area (Å²) in [4.78, 5) is 2.21. The van der Waals surface area contributed by atoms with Gasteiger partial charge in [0.15, 0.2) is 9.84 Å². The molecule has 1 fully saturated rings. The molecule has 0 spiro atoms. The van der Waals surface area contributed by atoms with Crippen LogP contribution in [0.5, 0.6) is 5.75 Å². The molecule has 1 aliphatic heterocycles. The van der Waals surface area contributed by atoms with Gasteiger partial charge in [-0.1, -0.05) is 12.1 Å². The van der Waals surface area contributed by atoms with Crippen molar-refractivity contribution in [3.8, 4) is 5.75 Å². The Balaban J connectivity index is 1.71. The molecule has 1 aromatic rings. The Morgan fingerprint density at radius 2 is 2.24 bits per heavy atom. The van der Waals surface area contributed by atoms with Gasteiger partial charge in [-0.05, 0) is 31.2 Å². The second kappa shape index (κ2) is 7.24. The van der Waals surface area contributed by atoms with Crippen molar-refractivity contribution in [2.24, 2.45) is 0 Å². The fourth-order valence-corrected chi connectivity index (χ4v) is 4.28. The monoisotopic (exact) mass is 312 g/mol. The smallest absolute Gasteiger partial charge is 0.151 e. The van der Waals surface area contributed by atoms with E-state index in [1.54, 1.807) is 7.11 Å². The van der Waals surface area contributed by atoms with Gasteiger partial charge in [0.25, 0.3) is 0 Å². The van der Waals surface area contributed by atoms with Gasteiger partial charge in [-0.25, -0.2) is 8.42 Å². The average molecular weight is 312 g/mol. The Labute approximate surface area is 127 Å². The van der Waals surface area contributed by atoms with Crippen LogP contribution >= 0.6 is 0 Å². The third-order valence-corrected chi connectivity index (χ3v) is 5.51. The number of ether oxygens (including phenoxy) is 1. The highest BCUT2D eigenvalue weighted by Crippen LogP contribution is 2.14. The second-order valence-electron chi connectivity index (χ2n) is 5.64. The number of hydrogen-bond donors (Lipinski definition) is 1. The second-order valence-corrected chi connectivity index (χ2v) is 7.87. The first-order valence-corrected chi connectivity index (χ1v) is 9.06. The molecule has 1 N–H and O–H groups in total. The van der Waals surface area contributed by atoms with Crippen LogP contribution in [-0.2, 0) is 16.4 Å². The highest BCUT2D eigenvalue weighted by Gasteiger charge is 2.27. The van der Waals surface area contributed by atoms with E-state index in [9.17, 15) is 8.42 Å². The van der Waals surface area contributed by atoms with Gasteiger partial charge < -0.3 is 15.0 Å². The predicted octanol–water partition coefficient (Wildman–Crippen LogP) is 0.904. The minimum atomic E-state index is -2.79. The molecule has 1 aliphatic rings. The lowest BCUT2D eigenvalue weighted by Gasteiger charge is -2.19. The van der Waals surface area contributed by atoms with Crippen LogP contribution in [0.3, 0.4) is 0 Å². The molecule has 0 bridgehead atoms. The van der Waals surface area contributed by atoms with Gasteiger partial charge in [-0.15, -0.1) is 0 Å². The summed E-state index contributed by atoms with van der Waals surface area (Å²) in [6.45, 7) is 2.54. The number of methoxy groups -OCH3 is 1. The van der Waals surface area contributed by atoms with E-state index in [1.165, 1.54) is 5.56 Å². The van der Waals surface area contributed by atoms with Crippen LogP contribution in [0.1, 0.15) is 12.0 Å². The van der Waals surface area contributed by atoms with E-state index in [0.717, 1.165) is 31.8 Å². The van der Waals surface area contributed by atoms with Crippen molar-refractivity contribution >= 4 is 9.84 Å². The molecule has 1 saturated heterocycles. The number of nitrogens with one attached hydrogen (secondary N) is 1. The van der Waals surface area contributed by atoms with Crippen molar-refractivity contribution in [1.29, 1.82) is 0 Å². The summed E-state index contributed by atoms with van der Waals surface area (Å²) >= 11 is 0. The molecule has 1 atom stereocenters. The normalized spacial score (nSPS) is 20.8. The number of likely N-dealkylation sites (N-methyl/N-ethyl adjacent to an activating group) is 1. The van der Waals surface area contributed by atoms with E-state index in [2.05, 4.69) is 23.3 Å². The maximum Gasteiger partial charge on any atom is 0.151 e. The van der Waals surface area contributed by atoms with E-state index in [1.807, 2.05) is 18.2 Å². The molecule has 6 heteroatoms. The van der Waals surface area contributed by atoms with Gasteiger partial charge in [0.1, 0.15) is 5.75 Å². The largest absolute Gasteiger partial charge is 0.497 e. The summed E-state index contributed by atoms with van der Waals surface area (Å²) in [7, 11) is 0.939. The molecule has 1 unspecified atom stereocenters. The molecule has 1 heterocycles. The van der Waals surface area contributed by atoms with Gasteiger partial charge in [0.2, 0.25) is 0 Å². The first-order chi connectivity index (χ1) is 9.98. The molecular formula is C15H24N2O3S. The van der Waals surface area contributed by atoms with Gasteiger partial charge in [-0.3, -0.25) is 0 Å². The highest BCUT2D eigenvalue weighted by molar-refractivity contribution is 7.91. The average Bonchev–Trinajstić information content (AvgIpc) is 2.78. The number of rotatable bonds is 7. The van der Waals surface area contributed by atoms with Crippen LogP contribution < -0.4 is 10.1 Å². The Morgan fingerprint density at radius 3 is 2.90 bits per heavy atom. The Bertz CT molecular complexity index is 560. The first-order valence-electron chi connectivity index (χ1n) is 7.24. The summed E-state index contributed by atoms with van der Waals surface area (Å²) in [5.41, 5.74) is 1.21. The SMILES string of the molecule is COc1cccc(CN(C)CCNC2CCS(=O)(=O)C2)c1. The van der Waals surface area contributed by atoms with Crippen LogP contribution in [-0.4, -0.2) is 58.1 Å². The van der Waals surface area contributed by atoms with Crippen LogP contribution in [0.15, 0.2) is 24.3 Å². The first kappa shape index (κ1) is 16.3. The Morgan fingerprint density at radius 1 is 1.43 bits per heavy atom. The van der Waals surface area contributed by atoms with Gasteiger partial charge in [0.05, 0.1) is 18.6 Å². The molecule has 0 radical (unpaired) electrons. The topological polar surface area (TPSA) is 58.6 Å². The zero-order valence-corrected chi connectivity index (χ0v) is 13.5. The number of nitrogens with zero attached hydrogens (tertiary/aromatic N) is 1. The molecule has 1 aromatic carbocycles. The van der Waals surface area contributed by atoms with E-state index in [0.29, 0.717) is 5.75 Å². The van der Waals surface area contributed by atoms with Crippen molar-refractivity contribution in [2.45, 2.75) is 19.0 Å². The van der Waals surface area contributed by atoms with Crippen molar-refractivity contribution < 1.29 is 13.2 Å². The number of benzene rings is 1. The maximum atomic E-state index is 11.4.